The van der Waals surface area contributed by atoms with Crippen LogP contribution in [0.4, 0.5) is 0 Å². The highest BCUT2D eigenvalue weighted by atomic mass is 32.9. The largest absolute Gasteiger partial charge is 0.497 e. The van der Waals surface area contributed by atoms with E-state index >= 15 is 4.79 Å². The highest BCUT2D eigenvalue weighted by Crippen LogP contribution is 2.43. The first kappa shape index (κ1) is 122. The van der Waals surface area contributed by atoms with E-state index in [9.17, 15) is 67.1 Å². The van der Waals surface area contributed by atoms with Crippen LogP contribution in [0.5, 0.6) is 11.5 Å². The van der Waals surface area contributed by atoms with Crippen LogP contribution in [-0.4, -0.2) is 278 Å². The maximum Gasteiger partial charge on any atom is 0.307 e. The average molecular weight is 2070 g/mol. The molecule has 3 aromatic rings. The molecule has 3 fully saturated rings. The number of esters is 7. The van der Waals surface area contributed by atoms with E-state index in [1.54, 1.807) is 69.1 Å². The minimum absolute atomic E-state index is 0.0375. The summed E-state index contributed by atoms with van der Waals surface area (Å²) in [5.74, 6) is -7.35. The molecule has 0 aliphatic carbocycles. The molecule has 6 rings (SSSR count). The Bertz CT molecular complexity index is 4520. The summed E-state index contributed by atoms with van der Waals surface area (Å²) in [6, 6.07) is 21.7. The number of hydrogen-bond donors (Lipinski definition) is 7. The lowest BCUT2D eigenvalue weighted by Gasteiger charge is -2.44. The van der Waals surface area contributed by atoms with Gasteiger partial charge in [-0.2, -0.15) is 0 Å². The van der Waals surface area contributed by atoms with Crippen molar-refractivity contribution in [2.45, 2.75) is 323 Å². The first-order valence-electron chi connectivity index (χ1n) is 49.6. The number of nitrogens with zero attached hydrogens (tertiary/aromatic N) is 2. The van der Waals surface area contributed by atoms with Gasteiger partial charge in [0.25, 0.3) is 5.91 Å². The standard InChI is InChI=1S/C101H153N8O31PS2/c1-65-91(104-68(4)110)98(138-82(61-130-71(7)113)94(65)134-74(10)116)127-58-32-21-15-18-27-39-86(119)102-52-35-56-108(89(122)41-29-20-17-23-34-60-129-100-93(106-70(6)112)67(3)96(136-76(12)118)84(140-100)63-132-73(9)115)54-30-31-55-109(57-36-53-103-87(120)40-28-19-16-22-33-59-128-99-92(105-69(5)111)66(2)95(135-75(11)117)83(139-99)62-131-72(8)114)97(124)85(137-90(123)51-50-88(121)107-143(141)142)64-133-101(77-37-25-24-26-38-77,78-42-46-80(125-13)47-43-78)79-44-48-81(126-14)49-45-79/h24-26,37-38,42-49,65-67,82-85,91-96,98-100,141,143H,15-23,27-36,39-41,50-64H2,1-14H3,(H,102,119)(H,103,120)(H,104,110)(H,105,111)(H,106,112)(H,107,121,142)/t65-,66-,67-,82?,83?,84?,85?,91?,92?,93?,94-,95-,96-,98-,99-,100-/m1/s1. The van der Waals surface area contributed by atoms with Gasteiger partial charge in [-0.25, -0.2) is 0 Å². The Labute approximate surface area is 848 Å². The number of nitrogens with one attached hydrogen (secondary N) is 6. The second-order valence-electron chi connectivity index (χ2n) is 36.1. The molecular formula is C101H153N8O31PS2. The van der Waals surface area contributed by atoms with Gasteiger partial charge in [-0.15, -0.1) is 0 Å². The molecule has 0 spiro atoms. The molecule has 0 aromatic heterocycles. The van der Waals surface area contributed by atoms with Gasteiger partial charge >= 0.3 is 41.8 Å². The van der Waals surface area contributed by atoms with Gasteiger partial charge in [-0.3, -0.25) is 71.9 Å². The highest BCUT2D eigenvalue weighted by molar-refractivity contribution is 8.38. The van der Waals surface area contributed by atoms with Crippen molar-refractivity contribution in [3.05, 3.63) is 95.6 Å². The zero-order chi connectivity index (χ0) is 105. The molecule has 42 heteroatoms. The van der Waals surface area contributed by atoms with E-state index in [4.69, 9.17) is 87.0 Å². The van der Waals surface area contributed by atoms with Crippen LogP contribution >= 0.6 is 8.02 Å². The Morgan fingerprint density at radius 2 is 0.748 bits per heavy atom. The van der Waals surface area contributed by atoms with Crippen molar-refractivity contribution in [2.24, 2.45) is 17.8 Å². The van der Waals surface area contributed by atoms with Gasteiger partial charge in [0.1, 0.15) is 73.5 Å². The molecular weight excluding hydrogens is 1920 g/mol. The number of ether oxygens (including phenoxy) is 16. The number of amides is 8. The molecule has 0 saturated carbocycles. The van der Waals surface area contributed by atoms with Crippen molar-refractivity contribution in [1.82, 2.24) is 41.1 Å². The minimum Gasteiger partial charge on any atom is -0.497 e. The Kier molecular flexibility index (Phi) is 56.2. The van der Waals surface area contributed by atoms with E-state index in [2.05, 4.69) is 39.3 Å². The number of thiol groups is 1. The van der Waals surface area contributed by atoms with Gasteiger partial charge in [0.15, 0.2) is 18.9 Å². The zero-order valence-electron chi connectivity index (χ0n) is 85.3. The molecule has 17 atom stereocenters. The van der Waals surface area contributed by atoms with Gasteiger partial charge in [-0.1, -0.05) is 150 Å². The van der Waals surface area contributed by atoms with E-state index in [1.807, 2.05) is 54.6 Å². The average Bonchev–Trinajstić information content (AvgIpc) is 0.729. The summed E-state index contributed by atoms with van der Waals surface area (Å²) < 4.78 is 97.0. The maximum absolute atomic E-state index is 15.9. The predicted molar refractivity (Wildman–Crippen MR) is 531 cm³/mol. The van der Waals surface area contributed by atoms with Crippen molar-refractivity contribution >= 4 is 117 Å². The van der Waals surface area contributed by atoms with Gasteiger partial charge in [0, 0.05) is 165 Å². The van der Waals surface area contributed by atoms with Crippen molar-refractivity contribution < 1.29 is 148 Å². The number of methoxy groups -OCH3 is 2. The van der Waals surface area contributed by atoms with Crippen molar-refractivity contribution in [3.63, 3.8) is 0 Å². The van der Waals surface area contributed by atoms with Crippen molar-refractivity contribution in [3.8, 4) is 11.5 Å². The third-order valence-corrected chi connectivity index (χ3v) is 25.6. The molecule has 3 aromatic carbocycles. The maximum atomic E-state index is 15.9. The summed E-state index contributed by atoms with van der Waals surface area (Å²) in [7, 11) is 4.87. The third-order valence-electron chi connectivity index (χ3n) is 24.6. The van der Waals surface area contributed by atoms with Crippen LogP contribution in [0.1, 0.15) is 254 Å². The second-order valence-corrected chi connectivity index (χ2v) is 40.3. The van der Waals surface area contributed by atoms with E-state index in [0.29, 0.717) is 105 Å². The molecule has 8 amide bonds. The Morgan fingerprint density at radius 3 is 1.10 bits per heavy atom. The predicted octanol–water partition coefficient (Wildman–Crippen LogP) is 9.21. The lowest BCUT2D eigenvalue weighted by Crippen LogP contribution is -2.62. The zero-order valence-corrected chi connectivity index (χ0v) is 88.0. The molecule has 800 valence electrons. The molecule has 6 N–H and O–H groups in total. The number of unbranched alkanes of at least 4 members (excludes halogenated alkanes) is 13. The molecule has 3 aliphatic rings. The molecule has 0 bridgehead atoms. The summed E-state index contributed by atoms with van der Waals surface area (Å²) in [6.45, 7) is 17.5. The van der Waals surface area contributed by atoms with Gasteiger partial charge in [0.2, 0.25) is 47.5 Å². The van der Waals surface area contributed by atoms with E-state index in [1.165, 1.54) is 62.3 Å². The highest BCUT2D eigenvalue weighted by Gasteiger charge is 2.51. The minimum atomic E-state index is -1.66. The Balaban J connectivity index is 1.19. The van der Waals surface area contributed by atoms with Gasteiger partial charge in [0.05, 0.1) is 45.4 Å². The first-order valence-corrected chi connectivity index (χ1v) is 53.3. The van der Waals surface area contributed by atoms with Crippen LogP contribution in [0, 0.1) is 17.8 Å². The van der Waals surface area contributed by atoms with Gasteiger partial charge in [-0.05, 0) is 116 Å². The fraction of sp³-hybridized carbons (Fsp3) is 0.673. The van der Waals surface area contributed by atoms with Crippen molar-refractivity contribution in [1.29, 1.82) is 0 Å². The lowest BCUT2D eigenvalue weighted by atomic mass is 9.80. The molecule has 3 saturated heterocycles. The SMILES string of the molecule is COc1ccc(C(OCC(OC(=O)CCC(=O)N[SH](=P)=S)C(=O)N(CCCCN(CCCNC(=O)CCCCCCCO[C@@H]2OC(COC(C)=O)[C@H](OC(C)=O)[C@H](C)C2NC(C)=O)C(=O)CCCCCCCO[C@@H]2OC(COC(C)=O)[C@H](OC(C)=O)[C@H](C)C2NC(C)=O)CCCNC(=O)CCCCCCCO[C@@H]2OC(COC(C)=O)[C@H](OC(C)=O)[C@H](C)C2NC(C)=O)(c2ccccc2)c2ccc(OC)cc2)cc1. The van der Waals surface area contributed by atoms with Crippen LogP contribution in [0.2, 0.25) is 0 Å². The molecule has 39 nitrogen and oxygen atoms in total. The van der Waals surface area contributed by atoms with Crippen LogP contribution in [0.25, 0.3) is 0 Å². The van der Waals surface area contributed by atoms with E-state index in [0.717, 1.165) is 38.5 Å². The monoisotopic (exact) mass is 2070 g/mol. The summed E-state index contributed by atoms with van der Waals surface area (Å²) in [5.41, 5.74) is 0.352. The molecule has 143 heavy (non-hydrogen) atoms. The number of hydrogen-bond acceptors (Lipinski definition) is 32. The molecule has 3 heterocycles. The Morgan fingerprint density at radius 1 is 0.406 bits per heavy atom. The summed E-state index contributed by atoms with van der Waals surface area (Å²) in [4.78, 5) is 198. The molecule has 3 aliphatic heterocycles. The Hall–Kier alpha value is -10.1. The third kappa shape index (κ3) is 44.4. The summed E-state index contributed by atoms with van der Waals surface area (Å²) in [5, 5.41) is 14.6. The lowest BCUT2D eigenvalue weighted by molar-refractivity contribution is -0.262. The van der Waals surface area contributed by atoms with Crippen molar-refractivity contribution in [2.75, 3.05) is 99.7 Å². The topological polar surface area (TPSA) is 482 Å². The summed E-state index contributed by atoms with van der Waals surface area (Å²) in [6.07, 6.45) is 1.54. The number of rotatable bonds is 66. The van der Waals surface area contributed by atoms with E-state index in [-0.39, 0.29) is 146 Å². The van der Waals surface area contributed by atoms with Crippen LogP contribution < -0.4 is 40.8 Å². The molecule has 0 radical (unpaired) electrons. The van der Waals surface area contributed by atoms with Crippen LogP contribution in [-0.2, 0) is 164 Å². The second kappa shape index (κ2) is 66.1. The fourth-order valence-corrected chi connectivity index (χ4v) is 18.5. The van der Waals surface area contributed by atoms with Crippen LogP contribution in [0.15, 0.2) is 78.9 Å². The quantitative estimate of drug-likeness (QED) is 0.00691. The number of benzene rings is 3. The summed E-state index contributed by atoms with van der Waals surface area (Å²) >= 11 is 5.19. The number of carbonyl (C=O) groups is 15. The van der Waals surface area contributed by atoms with Gasteiger partial charge < -0.3 is 117 Å². The fourth-order valence-electron chi connectivity index (χ4n) is 17.4. The first-order chi connectivity index (χ1) is 68.3. The molecule has 8 unspecified atom stereocenters. The van der Waals surface area contributed by atoms with E-state index < -0.39 is 179 Å². The van der Waals surface area contributed by atoms with Crippen LogP contribution in [0.3, 0.4) is 0 Å². The smallest absolute Gasteiger partial charge is 0.307 e. The normalized spacial score (nSPS) is 21.2. The number of carbonyl (C=O) groups excluding carboxylic acids is 15.